The minimum Gasteiger partial charge on any atom is -0.489 e. The van der Waals surface area contributed by atoms with Gasteiger partial charge in [0.1, 0.15) is 11.4 Å². The summed E-state index contributed by atoms with van der Waals surface area (Å²) in [4.78, 5) is 14.2. The molecule has 4 nitrogen and oxygen atoms in total. The Labute approximate surface area is 141 Å². The second kappa shape index (κ2) is 6.04. The van der Waals surface area contributed by atoms with E-state index in [2.05, 4.69) is 24.0 Å². The van der Waals surface area contributed by atoms with Gasteiger partial charge in [0.15, 0.2) is 11.6 Å². The molecule has 2 aromatic heterocycles. The lowest BCUT2D eigenvalue weighted by molar-refractivity contribution is 0.285. The van der Waals surface area contributed by atoms with Gasteiger partial charge in [-0.25, -0.2) is 15.0 Å². The molecule has 0 saturated heterocycles. The predicted molar refractivity (Wildman–Crippen MR) is 94.0 cm³/mol. The van der Waals surface area contributed by atoms with Crippen LogP contribution in [0.4, 0.5) is 0 Å². The highest BCUT2D eigenvalue weighted by Crippen LogP contribution is 2.36. The van der Waals surface area contributed by atoms with Crippen molar-refractivity contribution in [2.24, 2.45) is 0 Å². The summed E-state index contributed by atoms with van der Waals surface area (Å²) in [6.07, 6.45) is 1.90. The molecule has 3 heterocycles. The van der Waals surface area contributed by atoms with E-state index < -0.39 is 0 Å². The number of aryl methyl sites for hydroxylation is 3. The first kappa shape index (κ1) is 14.8. The highest BCUT2D eigenvalue weighted by molar-refractivity contribution is 5.72. The van der Waals surface area contributed by atoms with Crippen molar-refractivity contribution >= 4 is 0 Å². The van der Waals surface area contributed by atoms with Crippen LogP contribution in [0.5, 0.6) is 5.75 Å². The Kier molecular flexibility index (Phi) is 3.73. The third kappa shape index (κ3) is 2.64. The van der Waals surface area contributed by atoms with Gasteiger partial charge in [0, 0.05) is 11.3 Å². The first-order valence-electron chi connectivity index (χ1n) is 8.26. The fourth-order valence-corrected chi connectivity index (χ4v) is 3.04. The Morgan fingerprint density at radius 3 is 2.62 bits per heavy atom. The minimum absolute atomic E-state index is 0.668. The number of hydrogen-bond acceptors (Lipinski definition) is 4. The van der Waals surface area contributed by atoms with Crippen LogP contribution in [0.2, 0.25) is 0 Å². The maximum Gasteiger partial charge on any atom is 0.179 e. The normalized spacial score (nSPS) is 13.2. The van der Waals surface area contributed by atoms with E-state index in [-0.39, 0.29) is 0 Å². The average molecular weight is 317 g/mol. The van der Waals surface area contributed by atoms with E-state index in [4.69, 9.17) is 14.7 Å². The van der Waals surface area contributed by atoms with Gasteiger partial charge in [0.25, 0.3) is 0 Å². The van der Waals surface area contributed by atoms with Crippen molar-refractivity contribution in [2.45, 2.75) is 26.7 Å². The molecule has 0 bridgehead atoms. The fourth-order valence-electron chi connectivity index (χ4n) is 3.04. The van der Waals surface area contributed by atoms with Crippen LogP contribution < -0.4 is 4.74 Å². The molecule has 0 saturated carbocycles. The molecule has 0 atom stereocenters. The molecule has 0 amide bonds. The zero-order valence-electron chi connectivity index (χ0n) is 13.9. The first-order valence-corrected chi connectivity index (χ1v) is 8.26. The van der Waals surface area contributed by atoms with Crippen LogP contribution >= 0.6 is 0 Å². The van der Waals surface area contributed by atoms with Gasteiger partial charge >= 0.3 is 0 Å². The molecule has 4 heteroatoms. The van der Waals surface area contributed by atoms with E-state index in [1.807, 2.05) is 37.3 Å². The van der Waals surface area contributed by atoms with Crippen LogP contribution in [-0.2, 0) is 6.42 Å². The van der Waals surface area contributed by atoms with Crippen molar-refractivity contribution < 1.29 is 4.74 Å². The van der Waals surface area contributed by atoms with Crippen LogP contribution in [0.25, 0.3) is 22.8 Å². The number of ether oxygens (including phenoxy) is 1. The van der Waals surface area contributed by atoms with Gasteiger partial charge < -0.3 is 4.74 Å². The third-order valence-corrected chi connectivity index (χ3v) is 4.26. The standard InChI is InChI=1S/C20H19N3O/c1-13-7-3-4-9-15(13)18-19-16(11-6-12-24-19)22-20(23-18)17-10-5-8-14(2)21-17/h3-5,7-10H,6,11-12H2,1-2H3. The molecule has 1 aliphatic rings. The lowest BCUT2D eigenvalue weighted by Crippen LogP contribution is -2.13. The summed E-state index contributed by atoms with van der Waals surface area (Å²) >= 11 is 0. The highest BCUT2D eigenvalue weighted by Gasteiger charge is 2.22. The van der Waals surface area contributed by atoms with E-state index in [0.29, 0.717) is 5.82 Å². The number of aromatic nitrogens is 3. The van der Waals surface area contributed by atoms with Crippen LogP contribution in [0, 0.1) is 13.8 Å². The Bertz CT molecular complexity index is 905. The van der Waals surface area contributed by atoms with Crippen molar-refractivity contribution in [3.63, 3.8) is 0 Å². The van der Waals surface area contributed by atoms with Crippen molar-refractivity contribution in [3.8, 4) is 28.5 Å². The molecule has 0 unspecified atom stereocenters. The maximum atomic E-state index is 5.93. The first-order chi connectivity index (χ1) is 11.7. The minimum atomic E-state index is 0.668. The van der Waals surface area contributed by atoms with Gasteiger partial charge in [-0.15, -0.1) is 0 Å². The Balaban J connectivity index is 1.95. The van der Waals surface area contributed by atoms with Crippen LogP contribution in [0.3, 0.4) is 0 Å². The lowest BCUT2D eigenvalue weighted by Gasteiger charge is -2.20. The number of nitrogens with zero attached hydrogens (tertiary/aromatic N) is 3. The Morgan fingerprint density at radius 2 is 1.79 bits per heavy atom. The maximum absolute atomic E-state index is 5.93. The van der Waals surface area contributed by atoms with Gasteiger partial charge in [-0.1, -0.05) is 30.3 Å². The summed E-state index contributed by atoms with van der Waals surface area (Å²) in [7, 11) is 0. The van der Waals surface area contributed by atoms with Gasteiger partial charge in [0.05, 0.1) is 12.3 Å². The largest absolute Gasteiger partial charge is 0.489 e. The molecule has 1 aromatic carbocycles. The summed E-state index contributed by atoms with van der Waals surface area (Å²) in [5.74, 6) is 1.49. The number of rotatable bonds is 2. The quantitative estimate of drug-likeness (QED) is 0.712. The summed E-state index contributed by atoms with van der Waals surface area (Å²) in [6, 6.07) is 14.2. The molecule has 24 heavy (non-hydrogen) atoms. The van der Waals surface area contributed by atoms with Gasteiger partial charge in [-0.05, 0) is 44.4 Å². The number of fused-ring (bicyclic) bond motifs is 1. The summed E-state index contributed by atoms with van der Waals surface area (Å²) in [5, 5.41) is 0. The van der Waals surface area contributed by atoms with Crippen molar-refractivity contribution in [1.29, 1.82) is 0 Å². The van der Waals surface area contributed by atoms with Crippen molar-refractivity contribution in [2.75, 3.05) is 6.61 Å². The monoisotopic (exact) mass is 317 g/mol. The van der Waals surface area contributed by atoms with Crippen molar-refractivity contribution in [1.82, 2.24) is 15.0 Å². The zero-order chi connectivity index (χ0) is 16.5. The fraction of sp³-hybridized carbons (Fsp3) is 0.250. The van der Waals surface area contributed by atoms with E-state index in [9.17, 15) is 0 Å². The van der Waals surface area contributed by atoms with Crippen LogP contribution in [0.1, 0.15) is 23.4 Å². The number of benzene rings is 1. The topological polar surface area (TPSA) is 47.9 Å². The molecule has 1 aliphatic heterocycles. The lowest BCUT2D eigenvalue weighted by atomic mass is 10.0. The molecule has 0 aliphatic carbocycles. The van der Waals surface area contributed by atoms with Gasteiger partial charge in [-0.2, -0.15) is 0 Å². The van der Waals surface area contributed by atoms with E-state index in [1.165, 1.54) is 5.56 Å². The van der Waals surface area contributed by atoms with Gasteiger partial charge in [0.2, 0.25) is 0 Å². The average Bonchev–Trinajstić information content (AvgIpc) is 2.61. The molecular formula is C20H19N3O. The molecule has 0 N–H and O–H groups in total. The molecule has 120 valence electrons. The predicted octanol–water partition coefficient (Wildman–Crippen LogP) is 4.15. The molecule has 0 radical (unpaired) electrons. The second-order valence-corrected chi connectivity index (χ2v) is 6.10. The molecular weight excluding hydrogens is 298 g/mol. The third-order valence-electron chi connectivity index (χ3n) is 4.26. The smallest absolute Gasteiger partial charge is 0.179 e. The summed E-state index contributed by atoms with van der Waals surface area (Å²) in [6.45, 7) is 4.79. The molecule has 0 fully saturated rings. The highest BCUT2D eigenvalue weighted by atomic mass is 16.5. The van der Waals surface area contributed by atoms with Crippen LogP contribution in [0.15, 0.2) is 42.5 Å². The summed E-state index contributed by atoms with van der Waals surface area (Å²) < 4.78 is 5.93. The van der Waals surface area contributed by atoms with Crippen molar-refractivity contribution in [3.05, 3.63) is 59.4 Å². The number of hydrogen-bond donors (Lipinski definition) is 0. The Hall–Kier alpha value is -2.75. The second-order valence-electron chi connectivity index (χ2n) is 6.10. The molecule has 0 spiro atoms. The Morgan fingerprint density at radius 1 is 0.917 bits per heavy atom. The summed E-state index contributed by atoms with van der Waals surface area (Å²) in [5.41, 5.74) is 5.88. The van der Waals surface area contributed by atoms with E-state index >= 15 is 0 Å². The number of pyridine rings is 1. The molecule has 3 aromatic rings. The van der Waals surface area contributed by atoms with Crippen LogP contribution in [-0.4, -0.2) is 21.6 Å². The zero-order valence-corrected chi connectivity index (χ0v) is 13.9. The molecule has 4 rings (SSSR count). The SMILES string of the molecule is Cc1cccc(-c2nc3c(c(-c4ccccc4C)n2)OCCC3)n1. The van der Waals surface area contributed by atoms with E-state index in [1.54, 1.807) is 0 Å². The van der Waals surface area contributed by atoms with Gasteiger partial charge in [-0.3, -0.25) is 0 Å². The van der Waals surface area contributed by atoms with E-state index in [0.717, 1.165) is 53.5 Å².